The summed E-state index contributed by atoms with van der Waals surface area (Å²) < 4.78 is 5.53. The lowest BCUT2D eigenvalue weighted by atomic mass is 10.3. The van der Waals surface area contributed by atoms with Crippen molar-refractivity contribution >= 4 is 29.0 Å². The maximum atomic E-state index is 12.1. The monoisotopic (exact) mass is 352 g/mol. The molecule has 0 unspecified atom stereocenters. The number of amidine groups is 1. The van der Waals surface area contributed by atoms with Crippen LogP contribution in [-0.2, 0) is 9.59 Å². The van der Waals surface area contributed by atoms with Gasteiger partial charge in [0.05, 0.1) is 11.4 Å². The molecule has 2 amide bonds. The Morgan fingerprint density at radius 3 is 2.58 bits per heavy atom. The fourth-order valence-electron chi connectivity index (χ4n) is 2.56. The highest BCUT2D eigenvalue weighted by Crippen LogP contribution is 2.23. The summed E-state index contributed by atoms with van der Waals surface area (Å²) in [5, 5.41) is 11.7. The first-order valence-corrected chi connectivity index (χ1v) is 8.31. The Balaban J connectivity index is 1.55. The van der Waals surface area contributed by atoms with E-state index in [9.17, 15) is 9.59 Å². The van der Waals surface area contributed by atoms with E-state index in [4.69, 9.17) is 4.74 Å². The zero-order valence-corrected chi connectivity index (χ0v) is 14.4. The van der Waals surface area contributed by atoms with Crippen LogP contribution in [0.1, 0.15) is 13.3 Å². The molecule has 2 N–H and O–H groups in total. The Bertz CT molecular complexity index is 821. The van der Waals surface area contributed by atoms with Crippen molar-refractivity contribution in [2.75, 3.05) is 23.5 Å². The van der Waals surface area contributed by atoms with Crippen LogP contribution in [0.15, 0.2) is 59.7 Å². The van der Waals surface area contributed by atoms with Gasteiger partial charge in [-0.05, 0) is 24.3 Å². The molecule has 1 aliphatic heterocycles. The van der Waals surface area contributed by atoms with Gasteiger partial charge < -0.3 is 15.4 Å². The molecule has 0 aromatic heterocycles. The number of rotatable bonds is 5. The summed E-state index contributed by atoms with van der Waals surface area (Å²) in [5.74, 6) is 0.554. The van der Waals surface area contributed by atoms with Crippen LogP contribution in [0.2, 0.25) is 0 Å². The van der Waals surface area contributed by atoms with Gasteiger partial charge in [-0.1, -0.05) is 30.3 Å². The molecule has 7 nitrogen and oxygen atoms in total. The van der Waals surface area contributed by atoms with Gasteiger partial charge in [-0.3, -0.25) is 14.6 Å². The second-order valence-corrected chi connectivity index (χ2v) is 5.77. The molecule has 26 heavy (non-hydrogen) atoms. The van der Waals surface area contributed by atoms with Crippen molar-refractivity contribution in [2.45, 2.75) is 13.3 Å². The number of carbonyl (C=O) groups is 2. The highest BCUT2D eigenvalue weighted by Gasteiger charge is 2.18. The predicted octanol–water partition coefficient (Wildman–Crippen LogP) is 2.36. The van der Waals surface area contributed by atoms with Crippen LogP contribution < -0.4 is 20.4 Å². The van der Waals surface area contributed by atoms with Crippen molar-refractivity contribution in [3.63, 3.8) is 0 Å². The maximum absolute atomic E-state index is 12.1. The topological polar surface area (TPSA) is 83.0 Å². The van der Waals surface area contributed by atoms with Crippen LogP contribution in [0.5, 0.6) is 5.75 Å². The summed E-state index contributed by atoms with van der Waals surface area (Å²) in [5.41, 5.74) is 1.51. The average molecular weight is 352 g/mol. The minimum absolute atomic E-state index is 0.166. The van der Waals surface area contributed by atoms with Crippen LogP contribution in [0.4, 0.5) is 11.4 Å². The molecule has 0 bridgehead atoms. The lowest BCUT2D eigenvalue weighted by Gasteiger charge is -2.12. The quantitative estimate of drug-likeness (QED) is 0.865. The molecule has 1 heterocycles. The molecule has 7 heteroatoms. The Morgan fingerprint density at radius 2 is 1.81 bits per heavy atom. The molecule has 0 spiro atoms. The lowest BCUT2D eigenvalue weighted by Crippen LogP contribution is -2.33. The third-order valence-corrected chi connectivity index (χ3v) is 3.70. The second kappa shape index (κ2) is 8.15. The van der Waals surface area contributed by atoms with E-state index in [1.807, 2.05) is 35.3 Å². The average Bonchev–Trinajstić information content (AvgIpc) is 3.10. The van der Waals surface area contributed by atoms with Gasteiger partial charge in [0.2, 0.25) is 5.91 Å². The number of benzene rings is 2. The number of ether oxygens (including phenoxy) is 1. The molecular weight excluding hydrogens is 332 g/mol. The number of anilines is 2. The van der Waals surface area contributed by atoms with Gasteiger partial charge in [-0.2, -0.15) is 5.10 Å². The number of hydrogen-bond acceptors (Lipinski definition) is 5. The fourth-order valence-corrected chi connectivity index (χ4v) is 2.56. The number of hydrazone groups is 1. The predicted molar refractivity (Wildman–Crippen MR) is 100 cm³/mol. The fraction of sp³-hybridized carbons (Fsp3) is 0.211. The van der Waals surface area contributed by atoms with E-state index in [0.29, 0.717) is 30.2 Å². The molecule has 0 fully saturated rings. The normalized spacial score (nSPS) is 13.1. The third kappa shape index (κ3) is 4.60. The van der Waals surface area contributed by atoms with Crippen LogP contribution in [-0.4, -0.2) is 30.8 Å². The number of para-hydroxylation sites is 3. The van der Waals surface area contributed by atoms with E-state index in [2.05, 4.69) is 15.7 Å². The van der Waals surface area contributed by atoms with Crippen LogP contribution in [0.25, 0.3) is 0 Å². The van der Waals surface area contributed by atoms with E-state index in [1.54, 1.807) is 24.3 Å². The van der Waals surface area contributed by atoms with E-state index in [0.717, 1.165) is 5.69 Å². The molecule has 0 saturated heterocycles. The van der Waals surface area contributed by atoms with Crippen molar-refractivity contribution in [1.82, 2.24) is 5.32 Å². The molecule has 2 aromatic carbocycles. The first-order valence-electron chi connectivity index (χ1n) is 8.31. The van der Waals surface area contributed by atoms with Gasteiger partial charge in [0, 0.05) is 19.9 Å². The molecule has 134 valence electrons. The molecule has 0 saturated carbocycles. The third-order valence-electron chi connectivity index (χ3n) is 3.70. The number of hydrogen-bond donors (Lipinski definition) is 2. The Hall–Kier alpha value is -3.35. The highest BCUT2D eigenvalue weighted by atomic mass is 16.5. The van der Waals surface area contributed by atoms with Gasteiger partial charge in [-0.15, -0.1) is 0 Å². The number of nitrogens with zero attached hydrogens (tertiary/aromatic N) is 2. The molecule has 1 aliphatic rings. The first-order chi connectivity index (χ1) is 12.6. The van der Waals surface area contributed by atoms with Gasteiger partial charge in [0.25, 0.3) is 5.91 Å². The summed E-state index contributed by atoms with van der Waals surface area (Å²) in [6.45, 7) is 1.97. The zero-order valence-electron chi connectivity index (χ0n) is 14.4. The van der Waals surface area contributed by atoms with E-state index >= 15 is 0 Å². The lowest BCUT2D eigenvalue weighted by molar-refractivity contribution is -0.121. The Labute approximate surface area is 151 Å². The largest absolute Gasteiger partial charge is 0.482 e. The number of amides is 2. The maximum Gasteiger partial charge on any atom is 0.263 e. The Kier molecular flexibility index (Phi) is 5.48. The molecule has 0 radical (unpaired) electrons. The molecule has 3 rings (SSSR count). The van der Waals surface area contributed by atoms with E-state index in [-0.39, 0.29) is 18.4 Å². The molecule has 0 aliphatic carbocycles. The van der Waals surface area contributed by atoms with Crippen LogP contribution in [0, 0.1) is 0 Å². The molecule has 0 atom stereocenters. The highest BCUT2D eigenvalue weighted by molar-refractivity contribution is 6.00. The smallest absolute Gasteiger partial charge is 0.263 e. The van der Waals surface area contributed by atoms with Crippen LogP contribution in [0.3, 0.4) is 0 Å². The summed E-state index contributed by atoms with van der Waals surface area (Å²) >= 11 is 0. The summed E-state index contributed by atoms with van der Waals surface area (Å²) in [6, 6.07) is 16.7. The second-order valence-electron chi connectivity index (χ2n) is 5.77. The van der Waals surface area contributed by atoms with Crippen molar-refractivity contribution < 1.29 is 14.3 Å². The summed E-state index contributed by atoms with van der Waals surface area (Å²) in [7, 11) is 0. The van der Waals surface area contributed by atoms with Gasteiger partial charge in [0.1, 0.15) is 11.6 Å². The van der Waals surface area contributed by atoms with Crippen LogP contribution >= 0.6 is 0 Å². The Morgan fingerprint density at radius 1 is 1.08 bits per heavy atom. The van der Waals surface area contributed by atoms with Crippen molar-refractivity contribution in [1.29, 1.82) is 0 Å². The molecule has 2 aromatic rings. The molecular formula is C19H20N4O3. The number of nitrogens with one attached hydrogen (secondary N) is 2. The minimum atomic E-state index is -0.295. The first kappa shape index (κ1) is 17.5. The SMILES string of the molecule is CC(=O)Nc1ccccc1OCC(=O)NC1=NN(c2ccccc2)CC1. The van der Waals surface area contributed by atoms with Gasteiger partial charge in [-0.25, -0.2) is 0 Å². The van der Waals surface area contributed by atoms with Gasteiger partial charge in [0.15, 0.2) is 6.61 Å². The standard InChI is InChI=1S/C19H20N4O3/c1-14(24)20-16-9-5-6-10-17(16)26-13-19(25)21-18-11-12-23(22-18)15-7-3-2-4-8-15/h2-10H,11-13H2,1H3,(H,20,24)(H,21,22,25). The van der Waals surface area contributed by atoms with Crippen molar-refractivity contribution in [3.8, 4) is 5.75 Å². The minimum Gasteiger partial charge on any atom is -0.482 e. The van der Waals surface area contributed by atoms with Crippen molar-refractivity contribution in [3.05, 3.63) is 54.6 Å². The van der Waals surface area contributed by atoms with E-state index < -0.39 is 0 Å². The summed E-state index contributed by atoms with van der Waals surface area (Å²) in [4.78, 5) is 23.3. The van der Waals surface area contributed by atoms with Crippen molar-refractivity contribution in [2.24, 2.45) is 5.10 Å². The zero-order chi connectivity index (χ0) is 18.4. The van der Waals surface area contributed by atoms with E-state index in [1.165, 1.54) is 6.92 Å². The van der Waals surface area contributed by atoms with Gasteiger partial charge >= 0.3 is 0 Å². The summed E-state index contributed by atoms with van der Waals surface area (Å²) in [6.07, 6.45) is 0.656. The number of carbonyl (C=O) groups excluding carboxylic acids is 2.